The smallest absolute Gasteiger partial charge is 0.282 e. The van der Waals surface area contributed by atoms with E-state index < -0.39 is 17.7 Å². The minimum Gasteiger partial charge on any atom is -0.332 e. The molecule has 0 N–H and O–H groups in total. The van der Waals surface area contributed by atoms with Crippen molar-refractivity contribution >= 4 is 16.9 Å². The topological polar surface area (TPSA) is 51.0 Å². The number of hydrogen-bond acceptors (Lipinski definition) is 3. The Kier molecular flexibility index (Phi) is 4.17. The monoisotopic (exact) mass is 374 g/mol. The van der Waals surface area contributed by atoms with Crippen LogP contribution in [0.15, 0.2) is 30.7 Å². The Labute approximate surface area is 153 Å². The normalized spacial score (nSPS) is 21.6. The van der Waals surface area contributed by atoms with Gasteiger partial charge in [-0.05, 0) is 24.5 Å². The van der Waals surface area contributed by atoms with Crippen LogP contribution in [0.5, 0.6) is 0 Å². The average Bonchev–Trinajstić information content (AvgIpc) is 3.12. The standard InChI is InChI=1S/C19H17F3N4O/c1-12(20)18(27)25-10-14(11-25)26-17-15(3-2-8-23-17)16(24-26)5-4-13-6-7-19(21,22)9-13/h2-3,8,13-14H,1,6-7,9-11H2/t13-/m0/s1. The van der Waals surface area contributed by atoms with Gasteiger partial charge in [0.15, 0.2) is 11.5 Å². The maximum Gasteiger partial charge on any atom is 0.282 e. The molecule has 0 unspecified atom stereocenters. The highest BCUT2D eigenvalue weighted by molar-refractivity contribution is 5.91. The van der Waals surface area contributed by atoms with E-state index in [0.717, 1.165) is 5.39 Å². The summed E-state index contributed by atoms with van der Waals surface area (Å²) in [6.45, 7) is 3.62. The lowest BCUT2D eigenvalue weighted by atomic mass is 10.1. The van der Waals surface area contributed by atoms with E-state index in [4.69, 9.17) is 0 Å². The molecule has 4 rings (SSSR count). The zero-order valence-corrected chi connectivity index (χ0v) is 14.5. The number of amides is 1. The van der Waals surface area contributed by atoms with Gasteiger partial charge in [0.25, 0.3) is 5.91 Å². The molecule has 5 nitrogen and oxygen atoms in total. The van der Waals surface area contributed by atoms with E-state index in [2.05, 4.69) is 28.5 Å². The van der Waals surface area contributed by atoms with E-state index >= 15 is 0 Å². The number of carbonyl (C=O) groups excluding carboxylic acids is 1. The summed E-state index contributed by atoms with van der Waals surface area (Å²) in [5.41, 5.74) is 1.09. The Morgan fingerprint density at radius 1 is 1.37 bits per heavy atom. The van der Waals surface area contributed by atoms with E-state index in [9.17, 15) is 18.0 Å². The van der Waals surface area contributed by atoms with Crippen molar-refractivity contribution in [2.45, 2.75) is 31.2 Å². The van der Waals surface area contributed by atoms with Crippen molar-refractivity contribution in [3.63, 3.8) is 0 Å². The zero-order valence-electron chi connectivity index (χ0n) is 14.5. The first kappa shape index (κ1) is 17.6. The number of alkyl halides is 2. The van der Waals surface area contributed by atoms with Gasteiger partial charge in [0.1, 0.15) is 5.69 Å². The van der Waals surface area contributed by atoms with Crippen LogP contribution in [-0.2, 0) is 4.79 Å². The molecule has 1 saturated carbocycles. The molecule has 1 amide bonds. The Morgan fingerprint density at radius 2 is 2.15 bits per heavy atom. The number of aromatic nitrogens is 3. The van der Waals surface area contributed by atoms with Crippen LogP contribution in [0.3, 0.4) is 0 Å². The Balaban J connectivity index is 1.58. The van der Waals surface area contributed by atoms with E-state index in [1.54, 1.807) is 16.9 Å². The molecular formula is C19H17F3N4O. The zero-order chi connectivity index (χ0) is 19.2. The van der Waals surface area contributed by atoms with Gasteiger partial charge in [0, 0.05) is 38.0 Å². The van der Waals surface area contributed by atoms with Crippen molar-refractivity contribution in [3.8, 4) is 11.8 Å². The molecule has 1 saturated heterocycles. The van der Waals surface area contributed by atoms with Crippen molar-refractivity contribution < 1.29 is 18.0 Å². The van der Waals surface area contributed by atoms with Gasteiger partial charge < -0.3 is 4.90 Å². The second-order valence-corrected chi connectivity index (χ2v) is 7.00. The summed E-state index contributed by atoms with van der Waals surface area (Å²) in [6.07, 6.45) is 1.66. The number of hydrogen-bond donors (Lipinski definition) is 0. The van der Waals surface area contributed by atoms with Crippen LogP contribution in [-0.4, -0.2) is 44.6 Å². The van der Waals surface area contributed by atoms with Crippen molar-refractivity contribution in [1.29, 1.82) is 0 Å². The highest BCUT2D eigenvalue weighted by atomic mass is 19.3. The summed E-state index contributed by atoms with van der Waals surface area (Å²) in [5, 5.41) is 5.22. The van der Waals surface area contributed by atoms with Gasteiger partial charge >= 0.3 is 0 Å². The molecule has 1 atom stereocenters. The Hall–Kier alpha value is -2.82. The fraction of sp³-hybridized carbons (Fsp3) is 0.421. The fourth-order valence-corrected chi connectivity index (χ4v) is 3.51. The number of likely N-dealkylation sites (tertiary alicyclic amines) is 1. The highest BCUT2D eigenvalue weighted by Crippen LogP contribution is 2.38. The van der Waals surface area contributed by atoms with Crippen molar-refractivity contribution in [3.05, 3.63) is 36.4 Å². The third kappa shape index (κ3) is 3.29. The van der Waals surface area contributed by atoms with Crippen LogP contribution < -0.4 is 0 Å². The minimum absolute atomic E-state index is 0.130. The maximum absolute atomic E-state index is 13.3. The van der Waals surface area contributed by atoms with Gasteiger partial charge in [0.05, 0.1) is 11.4 Å². The van der Waals surface area contributed by atoms with Gasteiger partial charge in [0.2, 0.25) is 5.92 Å². The number of fused-ring (bicyclic) bond motifs is 1. The molecule has 0 radical (unpaired) electrons. The van der Waals surface area contributed by atoms with Crippen LogP contribution in [0.2, 0.25) is 0 Å². The molecule has 2 fully saturated rings. The Morgan fingerprint density at radius 3 is 2.81 bits per heavy atom. The molecule has 2 aromatic heterocycles. The number of nitrogens with zero attached hydrogens (tertiary/aromatic N) is 4. The van der Waals surface area contributed by atoms with Gasteiger partial charge in [-0.3, -0.25) is 4.79 Å². The molecule has 0 spiro atoms. The SMILES string of the molecule is C=C(F)C(=O)N1CC(n2nc(C#C[C@H]3CCC(F)(F)C3)c3cccnc32)C1. The predicted molar refractivity (Wildman–Crippen MR) is 92.6 cm³/mol. The molecule has 1 aliphatic heterocycles. The summed E-state index contributed by atoms with van der Waals surface area (Å²) < 4.78 is 41.3. The van der Waals surface area contributed by atoms with Crippen LogP contribution in [0.4, 0.5) is 13.2 Å². The third-order valence-corrected chi connectivity index (χ3v) is 4.99. The van der Waals surface area contributed by atoms with E-state index in [-0.39, 0.29) is 24.8 Å². The lowest BCUT2D eigenvalue weighted by Gasteiger charge is -2.38. The number of halogens is 3. The lowest BCUT2D eigenvalue weighted by Crippen LogP contribution is -2.51. The molecular weight excluding hydrogens is 357 g/mol. The van der Waals surface area contributed by atoms with Crippen LogP contribution in [0.1, 0.15) is 31.0 Å². The number of rotatable bonds is 2. The summed E-state index contributed by atoms with van der Waals surface area (Å²) in [7, 11) is 0. The molecule has 1 aliphatic carbocycles. The summed E-state index contributed by atoms with van der Waals surface area (Å²) in [4.78, 5) is 17.3. The van der Waals surface area contributed by atoms with E-state index in [0.29, 0.717) is 30.9 Å². The average molecular weight is 374 g/mol. The first-order chi connectivity index (χ1) is 12.8. The molecule has 0 bridgehead atoms. The number of carbonyl (C=O) groups is 1. The summed E-state index contributed by atoms with van der Waals surface area (Å²) in [6, 6.07) is 3.44. The van der Waals surface area contributed by atoms with E-state index in [1.165, 1.54) is 4.90 Å². The minimum atomic E-state index is -2.63. The second-order valence-electron chi connectivity index (χ2n) is 7.00. The summed E-state index contributed by atoms with van der Waals surface area (Å²) in [5.74, 6) is 1.16. The maximum atomic E-state index is 13.3. The van der Waals surface area contributed by atoms with Gasteiger partial charge in [-0.2, -0.15) is 5.10 Å². The molecule has 140 valence electrons. The fourth-order valence-electron chi connectivity index (χ4n) is 3.51. The number of pyridine rings is 1. The van der Waals surface area contributed by atoms with Crippen molar-refractivity contribution in [2.24, 2.45) is 5.92 Å². The highest BCUT2D eigenvalue weighted by Gasteiger charge is 2.39. The van der Waals surface area contributed by atoms with E-state index in [1.807, 2.05) is 6.07 Å². The van der Waals surface area contributed by atoms with Crippen LogP contribution >= 0.6 is 0 Å². The first-order valence-corrected chi connectivity index (χ1v) is 8.70. The third-order valence-electron chi connectivity index (χ3n) is 4.99. The second kappa shape index (κ2) is 6.41. The molecule has 2 aromatic rings. The van der Waals surface area contributed by atoms with Gasteiger partial charge in [-0.15, -0.1) is 0 Å². The molecule has 0 aromatic carbocycles. The molecule has 8 heteroatoms. The van der Waals surface area contributed by atoms with Gasteiger partial charge in [-0.1, -0.05) is 12.5 Å². The largest absolute Gasteiger partial charge is 0.332 e. The van der Waals surface area contributed by atoms with Gasteiger partial charge in [-0.25, -0.2) is 22.8 Å². The quantitative estimate of drug-likeness (QED) is 0.600. The molecule has 3 heterocycles. The summed E-state index contributed by atoms with van der Waals surface area (Å²) >= 11 is 0. The van der Waals surface area contributed by atoms with Crippen LogP contribution in [0, 0.1) is 17.8 Å². The van der Waals surface area contributed by atoms with Crippen molar-refractivity contribution in [2.75, 3.05) is 13.1 Å². The van der Waals surface area contributed by atoms with Crippen molar-refractivity contribution in [1.82, 2.24) is 19.7 Å². The lowest BCUT2D eigenvalue weighted by molar-refractivity contribution is -0.134. The van der Waals surface area contributed by atoms with Crippen LogP contribution in [0.25, 0.3) is 11.0 Å². The molecule has 2 aliphatic rings. The molecule has 27 heavy (non-hydrogen) atoms. The predicted octanol–water partition coefficient (Wildman–Crippen LogP) is 3.08. The Bertz CT molecular complexity index is 982. The first-order valence-electron chi connectivity index (χ1n) is 8.70.